The predicted octanol–water partition coefficient (Wildman–Crippen LogP) is 3.99. The van der Waals surface area contributed by atoms with Gasteiger partial charge >= 0.3 is 0 Å². The second kappa shape index (κ2) is 4.80. The van der Waals surface area contributed by atoms with Crippen molar-refractivity contribution in [3.8, 4) is 0 Å². The number of halogens is 1. The molecule has 1 aromatic heterocycles. The molecule has 2 aromatic rings. The van der Waals surface area contributed by atoms with Crippen LogP contribution in [0.5, 0.6) is 0 Å². The van der Waals surface area contributed by atoms with Crippen molar-refractivity contribution in [2.24, 2.45) is 0 Å². The van der Waals surface area contributed by atoms with Gasteiger partial charge in [-0.05, 0) is 54.1 Å². The Kier molecular flexibility index (Phi) is 3.38. The first kappa shape index (κ1) is 12.0. The summed E-state index contributed by atoms with van der Waals surface area (Å²) in [4.78, 5) is 13.0. The number of carbonyl (C=O) groups is 1. The van der Waals surface area contributed by atoms with Crippen LogP contribution in [0.25, 0.3) is 0 Å². The molecule has 0 aliphatic carbocycles. The maximum atomic E-state index is 13.1. The van der Waals surface area contributed by atoms with E-state index in [0.29, 0.717) is 11.1 Å². The zero-order chi connectivity index (χ0) is 12.4. The fraction of sp³-hybridized carbons (Fsp3) is 0.214. The minimum Gasteiger partial charge on any atom is -0.288 e. The summed E-state index contributed by atoms with van der Waals surface area (Å²) in [5.41, 5.74) is 2.12. The molecule has 0 saturated heterocycles. The van der Waals surface area contributed by atoms with Crippen molar-refractivity contribution < 1.29 is 9.18 Å². The second-order valence-corrected chi connectivity index (χ2v) is 4.84. The standard InChI is InChI=1S/C14H13FOS/c1-3-10-6-7-17-14(10)13(16)11-4-5-12(15)9(2)8-11/h4-8H,3H2,1-2H3. The van der Waals surface area contributed by atoms with Gasteiger partial charge in [-0.2, -0.15) is 0 Å². The number of carbonyl (C=O) groups excluding carboxylic acids is 1. The van der Waals surface area contributed by atoms with Gasteiger partial charge in [0.05, 0.1) is 4.88 Å². The van der Waals surface area contributed by atoms with E-state index < -0.39 is 0 Å². The van der Waals surface area contributed by atoms with Crippen LogP contribution in [-0.4, -0.2) is 5.78 Å². The lowest BCUT2D eigenvalue weighted by Crippen LogP contribution is -2.02. The van der Waals surface area contributed by atoms with Crippen LogP contribution < -0.4 is 0 Å². The summed E-state index contributed by atoms with van der Waals surface area (Å²) >= 11 is 1.44. The number of hydrogen-bond donors (Lipinski definition) is 0. The largest absolute Gasteiger partial charge is 0.288 e. The molecule has 1 aromatic carbocycles. The molecule has 0 atom stereocenters. The van der Waals surface area contributed by atoms with Gasteiger partial charge in [-0.25, -0.2) is 4.39 Å². The molecular formula is C14H13FOS. The summed E-state index contributed by atoms with van der Waals surface area (Å²) in [5.74, 6) is -0.289. The molecule has 0 saturated carbocycles. The summed E-state index contributed by atoms with van der Waals surface area (Å²) in [6.45, 7) is 3.69. The van der Waals surface area contributed by atoms with E-state index in [4.69, 9.17) is 0 Å². The van der Waals surface area contributed by atoms with Crippen LogP contribution >= 0.6 is 11.3 Å². The average Bonchev–Trinajstić information content (AvgIpc) is 2.80. The summed E-state index contributed by atoms with van der Waals surface area (Å²) in [6.07, 6.45) is 0.838. The molecule has 3 heteroatoms. The van der Waals surface area contributed by atoms with E-state index in [1.165, 1.54) is 17.4 Å². The quantitative estimate of drug-likeness (QED) is 0.751. The third kappa shape index (κ3) is 2.29. The topological polar surface area (TPSA) is 17.1 Å². The van der Waals surface area contributed by atoms with Gasteiger partial charge in [0.2, 0.25) is 5.78 Å². The third-order valence-electron chi connectivity index (χ3n) is 2.75. The summed E-state index contributed by atoms with van der Waals surface area (Å²) in [7, 11) is 0. The molecule has 0 fully saturated rings. The van der Waals surface area contributed by atoms with E-state index in [1.807, 2.05) is 18.4 Å². The van der Waals surface area contributed by atoms with Crippen LogP contribution in [0.2, 0.25) is 0 Å². The van der Waals surface area contributed by atoms with Gasteiger partial charge in [0.25, 0.3) is 0 Å². The highest BCUT2D eigenvalue weighted by Gasteiger charge is 2.15. The highest BCUT2D eigenvalue weighted by atomic mass is 32.1. The lowest BCUT2D eigenvalue weighted by molar-refractivity contribution is 0.104. The molecule has 0 spiro atoms. The molecule has 0 amide bonds. The summed E-state index contributed by atoms with van der Waals surface area (Å²) in [6, 6.07) is 6.47. The Bertz CT molecular complexity index is 557. The summed E-state index contributed by atoms with van der Waals surface area (Å²) in [5, 5.41) is 1.92. The molecule has 88 valence electrons. The maximum Gasteiger partial charge on any atom is 0.203 e. The highest BCUT2D eigenvalue weighted by molar-refractivity contribution is 7.12. The molecule has 0 unspecified atom stereocenters. The monoisotopic (exact) mass is 248 g/mol. The Morgan fingerprint density at radius 2 is 2.12 bits per heavy atom. The first-order chi connectivity index (χ1) is 8.13. The number of ketones is 1. The Labute approximate surface area is 104 Å². The van der Waals surface area contributed by atoms with Crippen LogP contribution in [0, 0.1) is 12.7 Å². The van der Waals surface area contributed by atoms with Gasteiger partial charge in [0.15, 0.2) is 0 Å². The molecule has 0 aliphatic rings. The van der Waals surface area contributed by atoms with E-state index in [2.05, 4.69) is 0 Å². The van der Waals surface area contributed by atoms with Gasteiger partial charge in [0, 0.05) is 5.56 Å². The normalized spacial score (nSPS) is 10.5. The minimum absolute atomic E-state index is 0.0139. The molecule has 17 heavy (non-hydrogen) atoms. The SMILES string of the molecule is CCc1ccsc1C(=O)c1ccc(F)c(C)c1. The number of benzene rings is 1. The van der Waals surface area contributed by atoms with Crippen LogP contribution in [-0.2, 0) is 6.42 Å². The van der Waals surface area contributed by atoms with Crippen LogP contribution in [0.15, 0.2) is 29.6 Å². The van der Waals surface area contributed by atoms with Crippen LogP contribution in [0.3, 0.4) is 0 Å². The van der Waals surface area contributed by atoms with Crippen molar-refractivity contribution in [3.05, 3.63) is 57.0 Å². The molecule has 0 radical (unpaired) electrons. The molecule has 0 aliphatic heterocycles. The van der Waals surface area contributed by atoms with Gasteiger partial charge < -0.3 is 0 Å². The Balaban J connectivity index is 2.40. The third-order valence-corrected chi connectivity index (χ3v) is 3.71. The second-order valence-electron chi connectivity index (χ2n) is 3.92. The lowest BCUT2D eigenvalue weighted by Gasteiger charge is -2.03. The number of hydrogen-bond acceptors (Lipinski definition) is 2. The predicted molar refractivity (Wildman–Crippen MR) is 68.3 cm³/mol. The first-order valence-electron chi connectivity index (χ1n) is 5.50. The molecular weight excluding hydrogens is 235 g/mol. The van der Waals surface area contributed by atoms with Gasteiger partial charge in [-0.1, -0.05) is 6.92 Å². The zero-order valence-corrected chi connectivity index (χ0v) is 10.6. The van der Waals surface area contributed by atoms with E-state index in [1.54, 1.807) is 19.1 Å². The van der Waals surface area contributed by atoms with Gasteiger partial charge in [0.1, 0.15) is 5.82 Å². The fourth-order valence-electron chi connectivity index (χ4n) is 1.73. The highest BCUT2D eigenvalue weighted by Crippen LogP contribution is 2.22. The Morgan fingerprint density at radius 1 is 1.35 bits per heavy atom. The van der Waals surface area contributed by atoms with Crippen molar-refractivity contribution in [1.82, 2.24) is 0 Å². The zero-order valence-electron chi connectivity index (χ0n) is 9.79. The number of thiophene rings is 1. The molecule has 1 heterocycles. The van der Waals surface area contributed by atoms with Crippen molar-refractivity contribution >= 4 is 17.1 Å². The van der Waals surface area contributed by atoms with E-state index in [-0.39, 0.29) is 11.6 Å². The minimum atomic E-state index is -0.275. The van der Waals surface area contributed by atoms with E-state index in [9.17, 15) is 9.18 Å². The smallest absolute Gasteiger partial charge is 0.203 e. The van der Waals surface area contributed by atoms with Crippen molar-refractivity contribution in [2.45, 2.75) is 20.3 Å². The molecule has 0 bridgehead atoms. The average molecular weight is 248 g/mol. The van der Waals surface area contributed by atoms with Gasteiger partial charge in [-0.3, -0.25) is 4.79 Å². The fourth-order valence-corrected chi connectivity index (χ4v) is 2.69. The van der Waals surface area contributed by atoms with Crippen molar-refractivity contribution in [2.75, 3.05) is 0 Å². The molecule has 1 nitrogen and oxygen atoms in total. The summed E-state index contributed by atoms with van der Waals surface area (Å²) < 4.78 is 13.1. The maximum absolute atomic E-state index is 13.1. The first-order valence-corrected chi connectivity index (χ1v) is 6.38. The Morgan fingerprint density at radius 3 is 2.76 bits per heavy atom. The molecule has 0 N–H and O–H groups in total. The van der Waals surface area contributed by atoms with E-state index >= 15 is 0 Å². The number of aryl methyl sites for hydroxylation is 2. The van der Waals surface area contributed by atoms with Gasteiger partial charge in [-0.15, -0.1) is 11.3 Å². The number of rotatable bonds is 3. The van der Waals surface area contributed by atoms with Crippen molar-refractivity contribution in [1.29, 1.82) is 0 Å². The van der Waals surface area contributed by atoms with Crippen LogP contribution in [0.4, 0.5) is 4.39 Å². The van der Waals surface area contributed by atoms with Crippen LogP contribution in [0.1, 0.15) is 33.3 Å². The Hall–Kier alpha value is -1.48. The van der Waals surface area contributed by atoms with E-state index in [0.717, 1.165) is 16.9 Å². The van der Waals surface area contributed by atoms with Crippen molar-refractivity contribution in [3.63, 3.8) is 0 Å². The lowest BCUT2D eigenvalue weighted by atomic mass is 10.0. The molecule has 2 rings (SSSR count).